The van der Waals surface area contributed by atoms with Crippen molar-refractivity contribution in [1.82, 2.24) is 15.3 Å². The van der Waals surface area contributed by atoms with E-state index in [0.717, 1.165) is 27.8 Å². The van der Waals surface area contributed by atoms with Crippen LogP contribution in [0.25, 0.3) is 0 Å². The first-order chi connectivity index (χ1) is 10.2. The molecule has 1 aliphatic carbocycles. The molecule has 1 aromatic carbocycles. The summed E-state index contributed by atoms with van der Waals surface area (Å²) in [6, 6.07) is 9.15. The van der Waals surface area contributed by atoms with Crippen LogP contribution < -0.4 is 10.1 Å². The van der Waals surface area contributed by atoms with Gasteiger partial charge < -0.3 is 10.1 Å². The smallest absolute Gasteiger partial charge is 0.316 e. The maximum absolute atomic E-state index is 5.66. The van der Waals surface area contributed by atoms with Crippen molar-refractivity contribution in [3.63, 3.8) is 0 Å². The molecule has 2 aromatic rings. The van der Waals surface area contributed by atoms with E-state index < -0.39 is 0 Å². The topological polar surface area (TPSA) is 47.0 Å². The minimum Gasteiger partial charge on any atom is -0.459 e. The van der Waals surface area contributed by atoms with Crippen molar-refractivity contribution >= 4 is 15.9 Å². The summed E-state index contributed by atoms with van der Waals surface area (Å²) in [5.41, 5.74) is 3.20. The van der Waals surface area contributed by atoms with E-state index in [1.807, 2.05) is 37.4 Å². The first-order valence-electron chi connectivity index (χ1n) is 7.14. The highest BCUT2D eigenvalue weighted by Gasteiger charge is 2.20. The second-order valence-corrected chi connectivity index (χ2v) is 6.25. The van der Waals surface area contributed by atoms with Crippen LogP contribution in [0.3, 0.4) is 0 Å². The second-order valence-electron chi connectivity index (χ2n) is 5.34. The molecule has 4 nitrogen and oxygen atoms in total. The lowest BCUT2D eigenvalue weighted by Gasteiger charge is -2.09. The van der Waals surface area contributed by atoms with E-state index >= 15 is 0 Å². The van der Waals surface area contributed by atoms with Gasteiger partial charge in [-0.3, -0.25) is 0 Å². The van der Waals surface area contributed by atoms with Gasteiger partial charge in [0.05, 0.1) is 0 Å². The van der Waals surface area contributed by atoms with Gasteiger partial charge in [0.2, 0.25) is 0 Å². The second kappa shape index (κ2) is 6.54. The zero-order valence-electron chi connectivity index (χ0n) is 12.0. The molecule has 0 atom stereocenters. The maximum atomic E-state index is 5.66. The number of benzene rings is 1. The molecule has 0 amide bonds. The summed E-state index contributed by atoms with van der Waals surface area (Å²) >= 11 is 3.45. The number of nitrogens with one attached hydrogen (secondary N) is 1. The minimum atomic E-state index is 0.433. The highest BCUT2D eigenvalue weighted by atomic mass is 79.9. The first kappa shape index (κ1) is 14.5. The van der Waals surface area contributed by atoms with Gasteiger partial charge >= 0.3 is 6.01 Å². The van der Waals surface area contributed by atoms with Gasteiger partial charge in [-0.15, -0.1) is 0 Å². The summed E-state index contributed by atoms with van der Waals surface area (Å²) in [4.78, 5) is 8.71. The number of rotatable bonds is 6. The van der Waals surface area contributed by atoms with Crippen molar-refractivity contribution in [2.45, 2.75) is 39.0 Å². The summed E-state index contributed by atoms with van der Waals surface area (Å²) in [6.07, 6.45) is 4.43. The van der Waals surface area contributed by atoms with Crippen molar-refractivity contribution < 1.29 is 4.74 Å². The average molecular weight is 348 g/mol. The number of ether oxygens (including phenoxy) is 1. The fourth-order valence-electron chi connectivity index (χ4n) is 2.03. The van der Waals surface area contributed by atoms with E-state index in [-0.39, 0.29) is 0 Å². The quantitative estimate of drug-likeness (QED) is 0.870. The van der Waals surface area contributed by atoms with Crippen LogP contribution in [0.5, 0.6) is 6.01 Å². The Morgan fingerprint density at radius 3 is 2.95 bits per heavy atom. The fourth-order valence-corrected chi connectivity index (χ4v) is 2.48. The van der Waals surface area contributed by atoms with Crippen LogP contribution in [0, 0.1) is 6.92 Å². The SMILES string of the molecule is Cc1nc(OCc2cccc(Br)c2)ncc1CNC1CC1. The predicted molar refractivity (Wildman–Crippen MR) is 85.1 cm³/mol. The van der Waals surface area contributed by atoms with E-state index in [2.05, 4.69) is 31.2 Å². The van der Waals surface area contributed by atoms with E-state index in [1.54, 1.807) is 0 Å². The van der Waals surface area contributed by atoms with Crippen LogP contribution in [0.1, 0.15) is 29.7 Å². The Balaban J connectivity index is 1.59. The van der Waals surface area contributed by atoms with Crippen LogP contribution in [0.2, 0.25) is 0 Å². The molecule has 1 heterocycles. The number of hydrogen-bond acceptors (Lipinski definition) is 4. The molecule has 110 valence electrons. The first-order valence-corrected chi connectivity index (χ1v) is 7.93. The van der Waals surface area contributed by atoms with Gasteiger partial charge in [-0.05, 0) is 37.5 Å². The third-order valence-electron chi connectivity index (χ3n) is 3.47. The molecule has 3 rings (SSSR count). The molecule has 1 aliphatic rings. The van der Waals surface area contributed by atoms with E-state index in [0.29, 0.717) is 18.7 Å². The maximum Gasteiger partial charge on any atom is 0.316 e. The number of aryl methyl sites for hydroxylation is 1. The number of aromatic nitrogens is 2. The summed E-state index contributed by atoms with van der Waals surface area (Å²) in [5.74, 6) is 0. The fraction of sp³-hybridized carbons (Fsp3) is 0.375. The lowest BCUT2D eigenvalue weighted by atomic mass is 10.2. The van der Waals surface area contributed by atoms with Crippen molar-refractivity contribution in [3.8, 4) is 6.01 Å². The molecule has 1 fully saturated rings. The zero-order valence-corrected chi connectivity index (χ0v) is 13.6. The van der Waals surface area contributed by atoms with Gasteiger partial charge in [0.1, 0.15) is 6.61 Å². The van der Waals surface area contributed by atoms with Crippen molar-refractivity contribution in [1.29, 1.82) is 0 Å². The van der Waals surface area contributed by atoms with Crippen LogP contribution in [0.15, 0.2) is 34.9 Å². The van der Waals surface area contributed by atoms with Gasteiger partial charge in [-0.2, -0.15) is 0 Å². The van der Waals surface area contributed by atoms with Crippen LogP contribution in [0.4, 0.5) is 0 Å². The highest BCUT2D eigenvalue weighted by Crippen LogP contribution is 2.20. The lowest BCUT2D eigenvalue weighted by molar-refractivity contribution is 0.279. The molecule has 1 aromatic heterocycles. The molecule has 0 spiro atoms. The Labute approximate surface area is 133 Å². The van der Waals surface area contributed by atoms with E-state index in [9.17, 15) is 0 Å². The summed E-state index contributed by atoms with van der Waals surface area (Å²) < 4.78 is 6.70. The number of halogens is 1. The molecule has 0 unspecified atom stereocenters. The molecule has 1 N–H and O–H groups in total. The van der Waals surface area contributed by atoms with E-state index in [1.165, 1.54) is 12.8 Å². The molecule has 0 aliphatic heterocycles. The summed E-state index contributed by atoms with van der Waals surface area (Å²) in [7, 11) is 0. The molecule has 0 bridgehead atoms. The summed E-state index contributed by atoms with van der Waals surface area (Å²) in [5, 5.41) is 3.47. The van der Waals surface area contributed by atoms with Crippen molar-refractivity contribution in [2.75, 3.05) is 0 Å². The largest absolute Gasteiger partial charge is 0.459 e. The highest BCUT2D eigenvalue weighted by molar-refractivity contribution is 9.10. The molecular weight excluding hydrogens is 330 g/mol. The van der Waals surface area contributed by atoms with Crippen LogP contribution >= 0.6 is 15.9 Å². The monoisotopic (exact) mass is 347 g/mol. The van der Waals surface area contributed by atoms with Gasteiger partial charge in [0.25, 0.3) is 0 Å². The molecule has 5 heteroatoms. The number of hydrogen-bond donors (Lipinski definition) is 1. The average Bonchev–Trinajstić information content (AvgIpc) is 3.28. The Morgan fingerprint density at radius 2 is 2.24 bits per heavy atom. The van der Waals surface area contributed by atoms with Gasteiger partial charge in [-0.1, -0.05) is 28.1 Å². The Kier molecular flexibility index (Phi) is 4.51. The van der Waals surface area contributed by atoms with Crippen LogP contribution in [-0.4, -0.2) is 16.0 Å². The molecule has 1 saturated carbocycles. The Morgan fingerprint density at radius 1 is 1.38 bits per heavy atom. The lowest BCUT2D eigenvalue weighted by Crippen LogP contribution is -2.16. The Bertz CT molecular complexity index is 629. The van der Waals surface area contributed by atoms with Gasteiger partial charge in [0, 0.05) is 34.5 Å². The molecule has 21 heavy (non-hydrogen) atoms. The van der Waals surface area contributed by atoms with Gasteiger partial charge in [-0.25, -0.2) is 9.97 Å². The van der Waals surface area contributed by atoms with Gasteiger partial charge in [0.15, 0.2) is 0 Å². The third-order valence-corrected chi connectivity index (χ3v) is 3.97. The van der Waals surface area contributed by atoms with Crippen molar-refractivity contribution in [2.24, 2.45) is 0 Å². The summed E-state index contributed by atoms with van der Waals surface area (Å²) in [6.45, 7) is 3.30. The normalized spacial score (nSPS) is 14.2. The molecular formula is C16H18BrN3O. The van der Waals surface area contributed by atoms with Crippen LogP contribution in [-0.2, 0) is 13.2 Å². The third kappa shape index (κ3) is 4.25. The molecule has 0 saturated heterocycles. The standard InChI is InChI=1S/C16H18BrN3O/c1-11-13(8-18-15-5-6-15)9-19-16(20-11)21-10-12-3-2-4-14(17)7-12/h2-4,7,9,15,18H,5-6,8,10H2,1H3. The zero-order chi connectivity index (χ0) is 14.7. The molecule has 0 radical (unpaired) electrons. The van der Waals surface area contributed by atoms with E-state index in [4.69, 9.17) is 4.74 Å². The van der Waals surface area contributed by atoms with Crippen molar-refractivity contribution in [3.05, 3.63) is 51.8 Å². The predicted octanol–water partition coefficient (Wildman–Crippen LogP) is 3.38. The Hall–Kier alpha value is -1.46. The minimum absolute atomic E-state index is 0.433. The number of nitrogens with zero attached hydrogens (tertiary/aromatic N) is 2.